The molecular formula is C14H23N3OS. The monoisotopic (exact) mass is 281 g/mol. The van der Waals surface area contributed by atoms with Crippen LogP contribution in [0.25, 0.3) is 0 Å². The molecule has 2 unspecified atom stereocenters. The highest BCUT2D eigenvalue weighted by molar-refractivity contribution is 7.13. The van der Waals surface area contributed by atoms with Crippen LogP contribution in [0.2, 0.25) is 0 Å². The predicted molar refractivity (Wildman–Crippen MR) is 78.7 cm³/mol. The minimum atomic E-state index is -0.0641. The van der Waals surface area contributed by atoms with Crippen LogP contribution >= 0.6 is 11.3 Å². The second-order valence-electron chi connectivity index (χ2n) is 5.71. The van der Waals surface area contributed by atoms with Crippen LogP contribution in [-0.4, -0.2) is 53.8 Å². The summed E-state index contributed by atoms with van der Waals surface area (Å²) in [4.78, 5) is 9.27. The summed E-state index contributed by atoms with van der Waals surface area (Å²) in [6, 6.07) is 0. The number of anilines is 1. The van der Waals surface area contributed by atoms with Gasteiger partial charge in [-0.15, -0.1) is 11.3 Å². The Labute approximate surface area is 119 Å². The van der Waals surface area contributed by atoms with Crippen LogP contribution in [0.3, 0.4) is 0 Å². The van der Waals surface area contributed by atoms with E-state index in [1.54, 1.807) is 11.3 Å². The van der Waals surface area contributed by atoms with E-state index in [2.05, 4.69) is 14.8 Å². The number of thiazole rings is 1. The lowest BCUT2D eigenvalue weighted by atomic mass is 9.86. The fraction of sp³-hybridized carbons (Fsp3) is 0.786. The van der Waals surface area contributed by atoms with Gasteiger partial charge in [-0.25, -0.2) is 4.98 Å². The third-order valence-corrected chi connectivity index (χ3v) is 5.26. The zero-order chi connectivity index (χ0) is 13.1. The van der Waals surface area contributed by atoms with E-state index in [0.29, 0.717) is 5.92 Å². The minimum Gasteiger partial charge on any atom is -0.393 e. The number of hydrogen-bond acceptors (Lipinski definition) is 5. The Balaban J connectivity index is 1.47. The molecule has 1 N–H and O–H groups in total. The molecule has 1 aliphatic carbocycles. The Morgan fingerprint density at radius 3 is 2.68 bits per heavy atom. The van der Waals surface area contributed by atoms with E-state index in [-0.39, 0.29) is 6.10 Å². The van der Waals surface area contributed by atoms with E-state index in [0.717, 1.165) is 44.3 Å². The SMILES string of the molecule is OC1CCCCC1CN1CCN(c2nccs2)CC1. The fourth-order valence-electron chi connectivity index (χ4n) is 3.23. The molecule has 19 heavy (non-hydrogen) atoms. The van der Waals surface area contributed by atoms with Crippen molar-refractivity contribution < 1.29 is 5.11 Å². The van der Waals surface area contributed by atoms with Crippen molar-refractivity contribution in [3.63, 3.8) is 0 Å². The molecule has 1 saturated heterocycles. The molecule has 1 aromatic rings. The van der Waals surface area contributed by atoms with Crippen LogP contribution in [0.1, 0.15) is 25.7 Å². The van der Waals surface area contributed by atoms with Gasteiger partial charge in [0.05, 0.1) is 6.10 Å². The largest absolute Gasteiger partial charge is 0.393 e. The first-order chi connectivity index (χ1) is 9.33. The van der Waals surface area contributed by atoms with Crippen molar-refractivity contribution in [2.75, 3.05) is 37.6 Å². The Kier molecular flexibility index (Phi) is 4.35. The summed E-state index contributed by atoms with van der Waals surface area (Å²) in [5.41, 5.74) is 0. The standard InChI is InChI=1S/C14H23N3OS/c18-13-4-2-1-3-12(13)11-16-6-8-17(9-7-16)14-15-5-10-19-14/h5,10,12-13,18H,1-4,6-9,11H2. The van der Waals surface area contributed by atoms with Gasteiger partial charge in [0, 0.05) is 44.3 Å². The quantitative estimate of drug-likeness (QED) is 0.917. The molecule has 4 nitrogen and oxygen atoms in total. The van der Waals surface area contributed by atoms with E-state index in [4.69, 9.17) is 0 Å². The molecule has 0 aromatic carbocycles. The molecule has 0 amide bonds. The van der Waals surface area contributed by atoms with Crippen molar-refractivity contribution in [2.45, 2.75) is 31.8 Å². The molecule has 0 bridgehead atoms. The smallest absolute Gasteiger partial charge is 0.185 e. The maximum atomic E-state index is 10.1. The molecule has 2 fully saturated rings. The van der Waals surface area contributed by atoms with E-state index >= 15 is 0 Å². The summed E-state index contributed by atoms with van der Waals surface area (Å²) in [5.74, 6) is 0.500. The van der Waals surface area contributed by atoms with Crippen LogP contribution < -0.4 is 4.90 Å². The van der Waals surface area contributed by atoms with Crippen LogP contribution in [0, 0.1) is 5.92 Å². The van der Waals surface area contributed by atoms with Crippen LogP contribution in [-0.2, 0) is 0 Å². The van der Waals surface area contributed by atoms with Gasteiger partial charge in [-0.3, -0.25) is 4.90 Å². The Bertz CT molecular complexity index is 376. The average molecular weight is 281 g/mol. The topological polar surface area (TPSA) is 39.6 Å². The fourth-order valence-corrected chi connectivity index (χ4v) is 3.92. The van der Waals surface area contributed by atoms with Crippen LogP contribution in [0.15, 0.2) is 11.6 Å². The van der Waals surface area contributed by atoms with Crippen molar-refractivity contribution in [1.82, 2.24) is 9.88 Å². The van der Waals surface area contributed by atoms with E-state index in [1.165, 1.54) is 19.3 Å². The lowest BCUT2D eigenvalue weighted by molar-refractivity contribution is 0.0453. The van der Waals surface area contributed by atoms with E-state index in [9.17, 15) is 5.11 Å². The average Bonchev–Trinajstić information content (AvgIpc) is 2.96. The summed E-state index contributed by atoms with van der Waals surface area (Å²) < 4.78 is 0. The second kappa shape index (κ2) is 6.20. The number of piperazine rings is 1. The van der Waals surface area contributed by atoms with E-state index in [1.807, 2.05) is 11.6 Å². The molecule has 3 rings (SSSR count). The third-order valence-electron chi connectivity index (χ3n) is 4.42. The van der Waals surface area contributed by atoms with Gasteiger partial charge in [-0.05, 0) is 18.8 Å². The van der Waals surface area contributed by atoms with Crippen LogP contribution in [0.5, 0.6) is 0 Å². The number of aliphatic hydroxyl groups is 1. The van der Waals surface area contributed by atoms with Gasteiger partial charge >= 0.3 is 0 Å². The number of nitrogens with zero attached hydrogens (tertiary/aromatic N) is 3. The van der Waals surface area contributed by atoms with Gasteiger partial charge in [0.15, 0.2) is 5.13 Å². The summed E-state index contributed by atoms with van der Waals surface area (Å²) in [7, 11) is 0. The summed E-state index contributed by atoms with van der Waals surface area (Å²) >= 11 is 1.72. The van der Waals surface area contributed by atoms with Crippen molar-refractivity contribution in [3.8, 4) is 0 Å². The Hall–Kier alpha value is -0.650. The summed E-state index contributed by atoms with van der Waals surface area (Å²) in [6.45, 7) is 5.41. The molecule has 2 heterocycles. The molecule has 1 aliphatic heterocycles. The van der Waals surface area contributed by atoms with Crippen molar-refractivity contribution >= 4 is 16.5 Å². The van der Waals surface area contributed by atoms with E-state index < -0.39 is 0 Å². The lowest BCUT2D eigenvalue weighted by Crippen LogP contribution is -2.49. The molecule has 0 radical (unpaired) electrons. The first-order valence-corrected chi connectivity index (χ1v) is 8.26. The molecule has 1 aromatic heterocycles. The predicted octanol–water partition coefficient (Wildman–Crippen LogP) is 1.82. The third kappa shape index (κ3) is 3.27. The highest BCUT2D eigenvalue weighted by atomic mass is 32.1. The van der Waals surface area contributed by atoms with Crippen molar-refractivity contribution in [3.05, 3.63) is 11.6 Å². The van der Waals surface area contributed by atoms with Gasteiger partial charge in [0.2, 0.25) is 0 Å². The zero-order valence-corrected chi connectivity index (χ0v) is 12.2. The minimum absolute atomic E-state index is 0.0641. The van der Waals surface area contributed by atoms with Crippen LogP contribution in [0.4, 0.5) is 5.13 Å². The van der Waals surface area contributed by atoms with Crippen molar-refractivity contribution in [1.29, 1.82) is 0 Å². The van der Waals surface area contributed by atoms with Gasteiger partial charge in [-0.2, -0.15) is 0 Å². The molecule has 5 heteroatoms. The zero-order valence-electron chi connectivity index (χ0n) is 11.4. The second-order valence-corrected chi connectivity index (χ2v) is 6.59. The molecule has 1 saturated carbocycles. The molecular weight excluding hydrogens is 258 g/mol. The molecule has 0 spiro atoms. The number of aromatic nitrogens is 1. The maximum Gasteiger partial charge on any atom is 0.185 e. The molecule has 106 valence electrons. The summed E-state index contributed by atoms with van der Waals surface area (Å²) in [6.07, 6.45) is 6.52. The number of rotatable bonds is 3. The highest BCUT2D eigenvalue weighted by Crippen LogP contribution is 2.26. The Morgan fingerprint density at radius 1 is 1.21 bits per heavy atom. The number of hydrogen-bond donors (Lipinski definition) is 1. The summed E-state index contributed by atoms with van der Waals surface area (Å²) in [5, 5.41) is 13.2. The lowest BCUT2D eigenvalue weighted by Gasteiger charge is -2.38. The highest BCUT2D eigenvalue weighted by Gasteiger charge is 2.27. The number of aliphatic hydroxyl groups excluding tert-OH is 1. The van der Waals surface area contributed by atoms with Gasteiger partial charge < -0.3 is 10.0 Å². The molecule has 2 aliphatic rings. The maximum absolute atomic E-state index is 10.1. The Morgan fingerprint density at radius 2 is 2.00 bits per heavy atom. The normalized spacial score (nSPS) is 29.6. The van der Waals surface area contributed by atoms with Crippen molar-refractivity contribution in [2.24, 2.45) is 5.92 Å². The first kappa shape index (κ1) is 13.3. The first-order valence-electron chi connectivity index (χ1n) is 7.38. The molecule has 2 atom stereocenters. The van der Waals surface area contributed by atoms with Gasteiger partial charge in [0.1, 0.15) is 0 Å². The van der Waals surface area contributed by atoms with Gasteiger partial charge in [0.25, 0.3) is 0 Å². The van der Waals surface area contributed by atoms with Gasteiger partial charge in [-0.1, -0.05) is 12.8 Å².